The van der Waals surface area contributed by atoms with Gasteiger partial charge in [0.25, 0.3) is 0 Å². The monoisotopic (exact) mass is 325 g/mol. The smallest absolute Gasteiger partial charge is 0.338 e. The SMILES string of the molecule is CS[C@@H]1CN(C(=O)Cn2ncn(C)c2=O)C[C@@H]1N1CCCC1. The summed E-state index contributed by atoms with van der Waals surface area (Å²) in [6.45, 7) is 3.86. The van der Waals surface area contributed by atoms with E-state index in [-0.39, 0.29) is 18.1 Å². The van der Waals surface area contributed by atoms with Gasteiger partial charge in [0.15, 0.2) is 0 Å². The van der Waals surface area contributed by atoms with Crippen LogP contribution in [0.5, 0.6) is 0 Å². The minimum Gasteiger partial charge on any atom is -0.338 e. The fraction of sp³-hybridized carbons (Fsp3) is 0.786. The molecule has 2 fully saturated rings. The summed E-state index contributed by atoms with van der Waals surface area (Å²) < 4.78 is 2.62. The maximum Gasteiger partial charge on any atom is 0.345 e. The van der Waals surface area contributed by atoms with E-state index in [1.807, 2.05) is 16.7 Å². The minimum absolute atomic E-state index is 0.0125. The number of thioether (sulfide) groups is 1. The largest absolute Gasteiger partial charge is 0.345 e. The topological polar surface area (TPSA) is 63.4 Å². The van der Waals surface area contributed by atoms with E-state index in [0.29, 0.717) is 11.3 Å². The molecular formula is C14H23N5O2S. The lowest BCUT2D eigenvalue weighted by Gasteiger charge is -2.26. The second-order valence-corrected chi connectivity index (χ2v) is 7.14. The Balaban J connectivity index is 1.66. The van der Waals surface area contributed by atoms with E-state index in [1.54, 1.807) is 7.05 Å². The standard InChI is InChI=1S/C14H23N5O2S/c1-16-10-15-19(14(16)21)9-13(20)18-7-11(12(8-18)22-2)17-5-3-4-6-17/h10-12H,3-9H2,1-2H3/t11-,12+/m0/s1. The van der Waals surface area contributed by atoms with Crippen molar-refractivity contribution >= 4 is 17.7 Å². The molecule has 7 nitrogen and oxygen atoms in total. The van der Waals surface area contributed by atoms with Crippen molar-refractivity contribution in [2.45, 2.75) is 30.7 Å². The highest BCUT2D eigenvalue weighted by Gasteiger charge is 2.39. The molecule has 0 spiro atoms. The van der Waals surface area contributed by atoms with Crippen LogP contribution in [0.4, 0.5) is 0 Å². The number of aryl methyl sites for hydroxylation is 1. The summed E-state index contributed by atoms with van der Waals surface area (Å²) in [5.41, 5.74) is -0.245. The molecule has 0 saturated carbocycles. The van der Waals surface area contributed by atoms with E-state index in [2.05, 4.69) is 16.3 Å². The molecule has 0 unspecified atom stereocenters. The van der Waals surface area contributed by atoms with E-state index in [4.69, 9.17) is 0 Å². The van der Waals surface area contributed by atoms with Crippen LogP contribution in [0.1, 0.15) is 12.8 Å². The van der Waals surface area contributed by atoms with Gasteiger partial charge in [0.2, 0.25) is 5.91 Å². The molecule has 1 aromatic heterocycles. The third-order valence-electron chi connectivity index (χ3n) is 4.67. The van der Waals surface area contributed by atoms with Crippen molar-refractivity contribution in [2.24, 2.45) is 7.05 Å². The molecule has 2 aliphatic rings. The fourth-order valence-electron chi connectivity index (χ4n) is 3.37. The van der Waals surface area contributed by atoms with E-state index >= 15 is 0 Å². The van der Waals surface area contributed by atoms with Gasteiger partial charge in [-0.05, 0) is 32.2 Å². The van der Waals surface area contributed by atoms with Crippen LogP contribution in [-0.2, 0) is 18.4 Å². The summed E-state index contributed by atoms with van der Waals surface area (Å²) >= 11 is 1.84. The van der Waals surface area contributed by atoms with Gasteiger partial charge in [0, 0.05) is 31.4 Å². The Hall–Kier alpha value is -1.28. The zero-order valence-electron chi connectivity index (χ0n) is 13.1. The quantitative estimate of drug-likeness (QED) is 0.755. The van der Waals surface area contributed by atoms with E-state index in [0.717, 1.165) is 26.2 Å². The highest BCUT2D eigenvalue weighted by atomic mass is 32.2. The normalized spacial score (nSPS) is 26.0. The van der Waals surface area contributed by atoms with Crippen molar-refractivity contribution in [3.8, 4) is 0 Å². The second kappa shape index (κ2) is 6.45. The summed E-state index contributed by atoms with van der Waals surface area (Å²) in [5.74, 6) is -0.0125. The summed E-state index contributed by atoms with van der Waals surface area (Å²) in [6, 6.07) is 0.446. The minimum atomic E-state index is -0.245. The van der Waals surface area contributed by atoms with Crippen LogP contribution >= 0.6 is 11.8 Å². The van der Waals surface area contributed by atoms with Gasteiger partial charge in [0.05, 0.1) is 0 Å². The molecule has 3 rings (SSSR count). The lowest BCUT2D eigenvalue weighted by Crippen LogP contribution is -2.41. The van der Waals surface area contributed by atoms with Crippen molar-refractivity contribution in [1.82, 2.24) is 24.1 Å². The van der Waals surface area contributed by atoms with Crippen molar-refractivity contribution in [3.63, 3.8) is 0 Å². The van der Waals surface area contributed by atoms with Gasteiger partial charge in [0.1, 0.15) is 12.9 Å². The third kappa shape index (κ3) is 2.94. The molecule has 0 radical (unpaired) electrons. The van der Waals surface area contributed by atoms with Crippen molar-refractivity contribution in [2.75, 3.05) is 32.4 Å². The highest BCUT2D eigenvalue weighted by molar-refractivity contribution is 7.99. The molecule has 0 N–H and O–H groups in total. The Labute approximate surface area is 134 Å². The number of carbonyl (C=O) groups is 1. The number of nitrogens with zero attached hydrogens (tertiary/aromatic N) is 5. The van der Waals surface area contributed by atoms with Gasteiger partial charge in [-0.2, -0.15) is 16.9 Å². The first-order valence-electron chi connectivity index (χ1n) is 7.73. The third-order valence-corrected chi connectivity index (χ3v) is 5.74. The number of amides is 1. The van der Waals surface area contributed by atoms with Crippen molar-refractivity contribution in [1.29, 1.82) is 0 Å². The van der Waals surface area contributed by atoms with Crippen LogP contribution < -0.4 is 5.69 Å². The van der Waals surface area contributed by atoms with Crippen LogP contribution in [-0.4, -0.2) is 73.8 Å². The Morgan fingerprint density at radius 2 is 2.09 bits per heavy atom. The van der Waals surface area contributed by atoms with Gasteiger partial charge in [-0.1, -0.05) is 0 Å². The number of rotatable bonds is 4. The first kappa shape index (κ1) is 15.6. The number of likely N-dealkylation sites (tertiary alicyclic amines) is 2. The van der Waals surface area contributed by atoms with E-state index < -0.39 is 0 Å². The Kier molecular flexibility index (Phi) is 4.58. The predicted molar refractivity (Wildman–Crippen MR) is 85.9 cm³/mol. The maximum absolute atomic E-state index is 12.5. The highest BCUT2D eigenvalue weighted by Crippen LogP contribution is 2.27. The molecule has 22 heavy (non-hydrogen) atoms. The molecule has 1 aromatic rings. The van der Waals surface area contributed by atoms with Crippen LogP contribution in [0.25, 0.3) is 0 Å². The predicted octanol–water partition coefficient (Wildman–Crippen LogP) is -0.380. The molecule has 1 amide bonds. The van der Waals surface area contributed by atoms with Gasteiger partial charge >= 0.3 is 5.69 Å². The molecule has 2 saturated heterocycles. The molecule has 0 aliphatic carbocycles. The first-order chi connectivity index (χ1) is 10.6. The molecule has 0 aromatic carbocycles. The van der Waals surface area contributed by atoms with Crippen molar-refractivity contribution < 1.29 is 4.79 Å². The van der Waals surface area contributed by atoms with Gasteiger partial charge in [-0.15, -0.1) is 0 Å². The van der Waals surface area contributed by atoms with E-state index in [9.17, 15) is 9.59 Å². The molecule has 2 atom stereocenters. The van der Waals surface area contributed by atoms with Crippen LogP contribution in [0.2, 0.25) is 0 Å². The number of hydrogen-bond donors (Lipinski definition) is 0. The van der Waals surface area contributed by atoms with Gasteiger partial charge < -0.3 is 4.90 Å². The maximum atomic E-state index is 12.5. The summed E-state index contributed by atoms with van der Waals surface area (Å²) in [5, 5.41) is 4.43. The molecule has 8 heteroatoms. The van der Waals surface area contributed by atoms with Gasteiger partial charge in [-0.25, -0.2) is 9.48 Å². The number of aromatic nitrogens is 3. The lowest BCUT2D eigenvalue weighted by molar-refractivity contribution is -0.131. The molecular weight excluding hydrogens is 302 g/mol. The Morgan fingerprint density at radius 1 is 1.36 bits per heavy atom. The summed E-state index contributed by atoms with van der Waals surface area (Å²) in [4.78, 5) is 28.7. The van der Waals surface area contributed by atoms with Crippen molar-refractivity contribution in [3.05, 3.63) is 16.8 Å². The van der Waals surface area contributed by atoms with Crippen LogP contribution in [0.15, 0.2) is 11.1 Å². The number of carbonyl (C=O) groups excluding carboxylic acids is 1. The van der Waals surface area contributed by atoms with Gasteiger partial charge in [-0.3, -0.25) is 14.3 Å². The molecule has 122 valence electrons. The Morgan fingerprint density at radius 3 is 2.68 bits per heavy atom. The van der Waals surface area contributed by atoms with Crippen LogP contribution in [0, 0.1) is 0 Å². The van der Waals surface area contributed by atoms with E-state index in [1.165, 1.54) is 28.4 Å². The zero-order valence-corrected chi connectivity index (χ0v) is 14.0. The molecule has 0 bridgehead atoms. The summed E-state index contributed by atoms with van der Waals surface area (Å²) in [7, 11) is 1.64. The fourth-order valence-corrected chi connectivity index (χ4v) is 4.27. The average Bonchev–Trinajstić information content (AvgIpc) is 3.22. The zero-order chi connectivity index (χ0) is 15.7. The average molecular weight is 325 g/mol. The van der Waals surface area contributed by atoms with Crippen LogP contribution in [0.3, 0.4) is 0 Å². The Bertz CT molecular complexity index is 592. The first-order valence-corrected chi connectivity index (χ1v) is 9.02. The number of hydrogen-bond acceptors (Lipinski definition) is 5. The molecule has 2 aliphatic heterocycles. The summed E-state index contributed by atoms with van der Waals surface area (Å²) in [6.07, 6.45) is 6.08. The molecule has 3 heterocycles. The lowest BCUT2D eigenvalue weighted by atomic mass is 10.2. The second-order valence-electron chi connectivity index (χ2n) is 6.07.